The predicted molar refractivity (Wildman–Crippen MR) is 156 cm³/mol. The maximum atomic E-state index is 11.5. The van der Waals surface area contributed by atoms with E-state index >= 15 is 0 Å². The summed E-state index contributed by atoms with van der Waals surface area (Å²) < 4.78 is 64.4. The Morgan fingerprint density at radius 1 is 0.829 bits per heavy atom. The Morgan fingerprint density at radius 2 is 1.41 bits per heavy atom. The van der Waals surface area contributed by atoms with Gasteiger partial charge in [0.05, 0.1) is 25.9 Å². The van der Waals surface area contributed by atoms with Gasteiger partial charge in [-0.3, -0.25) is 4.18 Å². The summed E-state index contributed by atoms with van der Waals surface area (Å²) in [5.41, 5.74) is 3.01. The molecule has 2 fully saturated rings. The summed E-state index contributed by atoms with van der Waals surface area (Å²) >= 11 is 0. The average molecular weight is 601 g/mol. The maximum Gasteiger partial charge on any atom is 0.218 e. The molecule has 2 aliphatic rings. The lowest BCUT2D eigenvalue weighted by Gasteiger charge is -2.39. The molecule has 2 unspecified atom stereocenters. The maximum absolute atomic E-state index is 11.5. The first-order valence-corrected chi connectivity index (χ1v) is 16.8. The molecule has 3 aromatic rings. The highest BCUT2D eigenvalue weighted by Crippen LogP contribution is 2.33. The highest BCUT2D eigenvalue weighted by molar-refractivity contribution is 7.97. The quantitative estimate of drug-likeness (QED) is 0.182. The van der Waals surface area contributed by atoms with E-state index in [-0.39, 0.29) is 35.6 Å². The van der Waals surface area contributed by atoms with E-state index < -0.39 is 28.9 Å². The van der Waals surface area contributed by atoms with Gasteiger partial charge >= 0.3 is 0 Å². The molecule has 2 saturated heterocycles. The van der Waals surface area contributed by atoms with Crippen LogP contribution in [0.15, 0.2) is 91.0 Å². The van der Waals surface area contributed by atoms with E-state index in [9.17, 15) is 13.0 Å². The summed E-state index contributed by atoms with van der Waals surface area (Å²) in [5.74, 6) is 2.29. The van der Waals surface area contributed by atoms with Crippen LogP contribution in [0.1, 0.15) is 29.9 Å². The molecule has 41 heavy (non-hydrogen) atoms. The third-order valence-electron chi connectivity index (χ3n) is 7.26. The van der Waals surface area contributed by atoms with Crippen molar-refractivity contribution in [2.75, 3.05) is 23.9 Å². The standard InChI is InChI=1S/C31H36O8S2/c1-23-20-40(21-28-27(39-41(32,33)34)19-37-31(38-28)26-15-9-4-10-16-26)22-29(35-17-24-11-5-2-6-12-24)30(23)36-18-25-13-7-3-8-14-25/h2-16,23,27-31H,17-22H2,1H3/t23-,27-,28+,29+,30+,31?,40?/m1/s1. The third kappa shape index (κ3) is 8.86. The van der Waals surface area contributed by atoms with Gasteiger partial charge in [0.25, 0.3) is 0 Å². The fraction of sp³-hybridized carbons (Fsp3) is 0.419. The Kier molecular flexibility index (Phi) is 10.5. The van der Waals surface area contributed by atoms with Crippen molar-refractivity contribution < 1.29 is 36.1 Å². The van der Waals surface area contributed by atoms with Gasteiger partial charge in [-0.05, 0) is 22.0 Å². The lowest BCUT2D eigenvalue weighted by molar-refractivity contribution is -0.245. The van der Waals surface area contributed by atoms with Gasteiger partial charge in [0.1, 0.15) is 35.6 Å². The molecule has 0 N–H and O–H groups in total. The summed E-state index contributed by atoms with van der Waals surface area (Å²) in [6.07, 6.45) is -2.60. The molecule has 2 aliphatic heterocycles. The third-order valence-corrected chi connectivity index (χ3v) is 10.3. The Morgan fingerprint density at radius 3 is 2.02 bits per heavy atom. The zero-order chi connectivity index (χ0) is 28.7. The lowest BCUT2D eigenvalue weighted by atomic mass is 10.0. The number of rotatable bonds is 11. The second-order valence-electron chi connectivity index (χ2n) is 10.5. The van der Waals surface area contributed by atoms with Crippen LogP contribution < -0.4 is 0 Å². The van der Waals surface area contributed by atoms with E-state index in [1.54, 1.807) is 0 Å². The predicted octanol–water partition coefficient (Wildman–Crippen LogP) is 4.38. The van der Waals surface area contributed by atoms with Crippen LogP contribution >= 0.6 is 0 Å². The van der Waals surface area contributed by atoms with Crippen LogP contribution in [0.2, 0.25) is 0 Å². The van der Waals surface area contributed by atoms with E-state index in [1.165, 1.54) is 0 Å². The largest absolute Gasteiger partial charge is 0.726 e. The van der Waals surface area contributed by atoms with Crippen LogP contribution in [0.3, 0.4) is 0 Å². The molecule has 0 saturated carbocycles. The van der Waals surface area contributed by atoms with Crippen molar-refractivity contribution in [3.8, 4) is 0 Å². The zero-order valence-corrected chi connectivity index (χ0v) is 24.6. The minimum absolute atomic E-state index is 0.0603. The van der Waals surface area contributed by atoms with Crippen molar-refractivity contribution >= 4 is 21.3 Å². The SMILES string of the molecule is C[C@@H]1C[S+](C[C@@H]2OC(c3ccccc3)OC[C@H]2OS(=O)(=O)[O-])C[C@H](OCc2ccccc2)[C@H]1OCc1ccccc1. The molecule has 0 aliphatic carbocycles. The van der Waals surface area contributed by atoms with Crippen molar-refractivity contribution in [3.63, 3.8) is 0 Å². The van der Waals surface area contributed by atoms with Crippen molar-refractivity contribution in [1.82, 2.24) is 0 Å². The second-order valence-corrected chi connectivity index (χ2v) is 13.7. The van der Waals surface area contributed by atoms with E-state index in [1.807, 2.05) is 91.0 Å². The van der Waals surface area contributed by atoms with Gasteiger partial charge in [-0.2, -0.15) is 0 Å². The minimum Gasteiger partial charge on any atom is -0.726 e. The molecule has 2 heterocycles. The molecule has 8 nitrogen and oxygen atoms in total. The smallest absolute Gasteiger partial charge is 0.218 e. The van der Waals surface area contributed by atoms with Crippen LogP contribution in [0.5, 0.6) is 0 Å². The molecule has 0 amide bonds. The number of ether oxygens (including phenoxy) is 4. The number of hydrogen-bond donors (Lipinski definition) is 0. The summed E-state index contributed by atoms with van der Waals surface area (Å²) in [5, 5.41) is 0. The molecule has 0 bridgehead atoms. The summed E-state index contributed by atoms with van der Waals surface area (Å²) in [6, 6.07) is 29.6. The van der Waals surface area contributed by atoms with Gasteiger partial charge in [-0.1, -0.05) is 97.9 Å². The number of benzene rings is 3. The Labute approximate surface area is 245 Å². The molecule has 0 aromatic heterocycles. The fourth-order valence-corrected chi connectivity index (χ4v) is 8.64. The van der Waals surface area contributed by atoms with Crippen molar-refractivity contribution in [1.29, 1.82) is 0 Å². The lowest BCUT2D eigenvalue weighted by Crippen LogP contribution is -2.53. The molecule has 0 spiro atoms. The van der Waals surface area contributed by atoms with E-state index in [4.69, 9.17) is 23.1 Å². The van der Waals surface area contributed by atoms with Gasteiger partial charge in [0.2, 0.25) is 10.4 Å². The first kappa shape index (κ1) is 30.2. The second kappa shape index (κ2) is 14.3. The molecular formula is C31H36O8S2. The zero-order valence-electron chi connectivity index (χ0n) is 22.9. The first-order valence-electron chi connectivity index (χ1n) is 13.8. The van der Waals surface area contributed by atoms with E-state index in [0.29, 0.717) is 19.0 Å². The highest BCUT2D eigenvalue weighted by atomic mass is 32.3. The van der Waals surface area contributed by atoms with Crippen LogP contribution in [0.4, 0.5) is 0 Å². The monoisotopic (exact) mass is 600 g/mol. The molecule has 3 aromatic carbocycles. The highest BCUT2D eigenvalue weighted by Gasteiger charge is 2.46. The van der Waals surface area contributed by atoms with Gasteiger partial charge in [-0.25, -0.2) is 8.42 Å². The van der Waals surface area contributed by atoms with Gasteiger partial charge in [-0.15, -0.1) is 0 Å². The van der Waals surface area contributed by atoms with E-state index in [2.05, 4.69) is 6.92 Å². The van der Waals surface area contributed by atoms with Crippen molar-refractivity contribution in [2.24, 2.45) is 5.92 Å². The van der Waals surface area contributed by atoms with Crippen molar-refractivity contribution in [3.05, 3.63) is 108 Å². The average Bonchev–Trinajstić information content (AvgIpc) is 2.97. The molecular weight excluding hydrogens is 564 g/mol. The normalized spacial score (nSPS) is 28.8. The summed E-state index contributed by atoms with van der Waals surface area (Å²) in [6.45, 7) is 3.06. The topological polar surface area (TPSA) is 103 Å². The van der Waals surface area contributed by atoms with Crippen LogP contribution in [-0.2, 0) is 57.6 Å². The van der Waals surface area contributed by atoms with Crippen LogP contribution in [0.25, 0.3) is 0 Å². The molecule has 10 heteroatoms. The van der Waals surface area contributed by atoms with Crippen LogP contribution in [-0.4, -0.2) is 61.3 Å². The van der Waals surface area contributed by atoms with Crippen molar-refractivity contribution in [2.45, 2.75) is 50.8 Å². The Hall–Kier alpha value is -2.28. The summed E-state index contributed by atoms with van der Waals surface area (Å²) in [7, 11) is -5.15. The fourth-order valence-electron chi connectivity index (χ4n) is 5.30. The minimum atomic E-state index is -4.93. The first-order chi connectivity index (χ1) is 19.8. The molecule has 0 radical (unpaired) electrons. The van der Waals surface area contributed by atoms with Gasteiger partial charge in [0, 0.05) is 11.5 Å². The van der Waals surface area contributed by atoms with E-state index in [0.717, 1.165) is 28.2 Å². The summed E-state index contributed by atoms with van der Waals surface area (Å²) in [4.78, 5) is 0. The van der Waals surface area contributed by atoms with Gasteiger partial charge in [0.15, 0.2) is 6.29 Å². The van der Waals surface area contributed by atoms with Crippen LogP contribution in [0, 0.1) is 5.92 Å². The molecule has 5 rings (SSSR count). The Balaban J connectivity index is 1.30. The number of hydrogen-bond acceptors (Lipinski definition) is 8. The van der Waals surface area contributed by atoms with Gasteiger partial charge < -0.3 is 23.5 Å². The molecule has 220 valence electrons. The Bertz CT molecular complexity index is 1310. The molecule has 7 atom stereocenters.